The molecule has 0 spiro atoms. The van der Waals surface area contributed by atoms with E-state index in [0.29, 0.717) is 11.2 Å². The van der Waals surface area contributed by atoms with Crippen LogP contribution >= 0.6 is 27.3 Å². The number of nitrogen functional groups attached to an aromatic ring is 1. The van der Waals surface area contributed by atoms with Gasteiger partial charge in [-0.1, -0.05) is 0 Å². The van der Waals surface area contributed by atoms with E-state index in [9.17, 15) is 13.2 Å². The minimum atomic E-state index is -4.52. The minimum absolute atomic E-state index is 0.105. The normalized spacial score (nSPS) is 12.2. The monoisotopic (exact) mass is 375 g/mol. The van der Waals surface area contributed by atoms with Gasteiger partial charge in [0.2, 0.25) is 5.82 Å². The molecule has 0 aliphatic heterocycles. The molecule has 0 atom stereocenters. The Kier molecular flexibility index (Phi) is 3.45. The van der Waals surface area contributed by atoms with Crippen molar-refractivity contribution in [3.8, 4) is 0 Å². The van der Waals surface area contributed by atoms with Gasteiger partial charge in [0, 0.05) is 15.0 Å². The van der Waals surface area contributed by atoms with Gasteiger partial charge in [-0.05, 0) is 45.6 Å². The van der Waals surface area contributed by atoms with Crippen molar-refractivity contribution in [1.82, 2.24) is 9.55 Å². The van der Waals surface area contributed by atoms with Crippen LogP contribution in [0.4, 0.5) is 18.9 Å². The second kappa shape index (κ2) is 5.03. The average molecular weight is 376 g/mol. The highest BCUT2D eigenvalue weighted by Gasteiger charge is 2.37. The van der Waals surface area contributed by atoms with Gasteiger partial charge in [-0.25, -0.2) is 4.98 Å². The predicted octanol–water partition coefficient (Wildman–Crippen LogP) is 4.51. The van der Waals surface area contributed by atoms with Crippen molar-refractivity contribution >= 4 is 44.0 Å². The van der Waals surface area contributed by atoms with E-state index in [-0.39, 0.29) is 12.1 Å². The summed E-state index contributed by atoms with van der Waals surface area (Å²) < 4.78 is 41.5. The molecule has 0 aliphatic rings. The Morgan fingerprint density at radius 3 is 2.67 bits per heavy atom. The van der Waals surface area contributed by atoms with Gasteiger partial charge in [-0.3, -0.25) is 0 Å². The quantitative estimate of drug-likeness (QED) is 0.669. The number of rotatable bonds is 2. The molecule has 0 fully saturated rings. The fourth-order valence-corrected chi connectivity index (χ4v) is 3.57. The number of nitrogens with two attached hydrogens (primary N) is 1. The number of halogens is 4. The third kappa shape index (κ3) is 2.65. The van der Waals surface area contributed by atoms with Gasteiger partial charge in [0.05, 0.1) is 17.6 Å². The van der Waals surface area contributed by atoms with Crippen LogP contribution in [0.25, 0.3) is 11.0 Å². The molecule has 1 aromatic carbocycles. The molecule has 3 nitrogen and oxygen atoms in total. The number of imidazole rings is 1. The molecule has 0 bridgehead atoms. The van der Waals surface area contributed by atoms with Gasteiger partial charge in [0.1, 0.15) is 0 Å². The van der Waals surface area contributed by atoms with Gasteiger partial charge < -0.3 is 10.3 Å². The summed E-state index contributed by atoms with van der Waals surface area (Å²) in [5, 5.41) is 1.82. The van der Waals surface area contributed by atoms with Gasteiger partial charge in [-0.2, -0.15) is 13.2 Å². The van der Waals surface area contributed by atoms with E-state index >= 15 is 0 Å². The van der Waals surface area contributed by atoms with E-state index in [0.717, 1.165) is 9.35 Å². The fraction of sp³-hybridized carbons (Fsp3) is 0.154. The lowest BCUT2D eigenvalue weighted by Crippen LogP contribution is -2.15. The third-order valence-corrected chi connectivity index (χ3v) is 4.93. The molecular weight excluding hydrogens is 367 g/mol. The maximum atomic E-state index is 13.2. The summed E-state index contributed by atoms with van der Waals surface area (Å²) in [5.41, 5.74) is 6.66. The summed E-state index contributed by atoms with van der Waals surface area (Å²) in [4.78, 5) is 4.50. The molecule has 0 saturated heterocycles. The van der Waals surface area contributed by atoms with E-state index < -0.39 is 12.0 Å². The number of thiophene rings is 1. The van der Waals surface area contributed by atoms with E-state index in [1.165, 1.54) is 22.0 Å². The Morgan fingerprint density at radius 2 is 2.05 bits per heavy atom. The molecule has 8 heteroatoms. The standard InChI is InChI=1S/C13H9BrF3N3S/c14-8-3-4-21-11(8)6-20-10-2-1-7(18)5-9(10)19-12(20)13(15,16)17/h1-5H,6,18H2. The van der Waals surface area contributed by atoms with Gasteiger partial charge >= 0.3 is 6.18 Å². The lowest BCUT2D eigenvalue weighted by Gasteiger charge is -2.10. The highest BCUT2D eigenvalue weighted by Crippen LogP contribution is 2.34. The highest BCUT2D eigenvalue weighted by atomic mass is 79.9. The van der Waals surface area contributed by atoms with Crippen LogP contribution in [0.2, 0.25) is 0 Å². The van der Waals surface area contributed by atoms with Crippen LogP contribution in [-0.2, 0) is 12.7 Å². The van der Waals surface area contributed by atoms with Crippen molar-refractivity contribution in [1.29, 1.82) is 0 Å². The fourth-order valence-electron chi connectivity index (χ4n) is 2.10. The van der Waals surface area contributed by atoms with Crippen molar-refractivity contribution in [2.24, 2.45) is 0 Å². The number of fused-ring (bicyclic) bond motifs is 1. The summed E-state index contributed by atoms with van der Waals surface area (Å²) in [5.74, 6) is -0.914. The Balaban J connectivity index is 2.20. The first-order valence-electron chi connectivity index (χ1n) is 5.91. The topological polar surface area (TPSA) is 43.8 Å². The number of aromatic nitrogens is 2. The molecule has 21 heavy (non-hydrogen) atoms. The van der Waals surface area contributed by atoms with Gasteiger partial charge in [-0.15, -0.1) is 11.3 Å². The second-order valence-corrected chi connectivity index (χ2v) is 6.31. The first-order chi connectivity index (χ1) is 9.86. The molecule has 2 heterocycles. The molecule has 110 valence electrons. The molecule has 0 unspecified atom stereocenters. The lowest BCUT2D eigenvalue weighted by molar-refractivity contribution is -0.146. The Bertz CT molecular complexity index is 807. The molecule has 2 N–H and O–H groups in total. The molecule has 2 aromatic heterocycles. The van der Waals surface area contributed by atoms with E-state index in [1.54, 1.807) is 12.1 Å². The summed E-state index contributed by atoms with van der Waals surface area (Å²) in [7, 11) is 0. The minimum Gasteiger partial charge on any atom is -0.399 e. The highest BCUT2D eigenvalue weighted by molar-refractivity contribution is 9.10. The second-order valence-electron chi connectivity index (χ2n) is 4.46. The first-order valence-corrected chi connectivity index (χ1v) is 7.58. The number of anilines is 1. The van der Waals surface area contributed by atoms with Crippen LogP contribution in [0, 0.1) is 0 Å². The van der Waals surface area contributed by atoms with Gasteiger partial charge in [0.25, 0.3) is 0 Å². The number of hydrogen-bond donors (Lipinski definition) is 1. The molecule has 0 aliphatic carbocycles. The molecule has 0 saturated carbocycles. The smallest absolute Gasteiger partial charge is 0.399 e. The number of nitrogens with zero attached hydrogens (tertiary/aromatic N) is 2. The zero-order valence-corrected chi connectivity index (χ0v) is 12.9. The zero-order chi connectivity index (χ0) is 15.2. The van der Waals surface area contributed by atoms with E-state index in [4.69, 9.17) is 5.73 Å². The van der Waals surface area contributed by atoms with E-state index in [1.807, 2.05) is 11.4 Å². The summed E-state index contributed by atoms with van der Waals surface area (Å²) in [6.45, 7) is 0.105. The first kappa shape index (κ1) is 14.4. The van der Waals surface area contributed by atoms with Crippen molar-refractivity contribution in [3.63, 3.8) is 0 Å². The van der Waals surface area contributed by atoms with Gasteiger partial charge in [0.15, 0.2) is 0 Å². The Labute approximate surface area is 130 Å². The van der Waals surface area contributed by atoms with Crippen molar-refractivity contribution in [3.05, 3.63) is 44.8 Å². The largest absolute Gasteiger partial charge is 0.449 e. The number of alkyl halides is 3. The number of benzene rings is 1. The summed E-state index contributed by atoms with van der Waals surface area (Å²) >= 11 is 4.73. The SMILES string of the molecule is Nc1ccc2c(c1)nc(C(F)(F)F)n2Cc1sccc1Br. The van der Waals surface area contributed by atoms with E-state index in [2.05, 4.69) is 20.9 Å². The van der Waals surface area contributed by atoms with Crippen molar-refractivity contribution in [2.75, 3.05) is 5.73 Å². The molecular formula is C13H9BrF3N3S. The maximum Gasteiger partial charge on any atom is 0.449 e. The Morgan fingerprint density at radius 1 is 1.29 bits per heavy atom. The number of hydrogen-bond acceptors (Lipinski definition) is 3. The third-order valence-electron chi connectivity index (χ3n) is 3.02. The molecule has 0 amide bonds. The molecule has 3 aromatic rings. The molecule has 3 rings (SSSR count). The summed E-state index contributed by atoms with van der Waals surface area (Å²) in [6, 6.07) is 6.40. The molecule has 0 radical (unpaired) electrons. The zero-order valence-electron chi connectivity index (χ0n) is 10.5. The Hall–Kier alpha value is -1.54. The lowest BCUT2D eigenvalue weighted by atomic mass is 10.3. The summed E-state index contributed by atoms with van der Waals surface area (Å²) in [6.07, 6.45) is -4.52. The van der Waals surface area contributed by atoms with Crippen LogP contribution in [-0.4, -0.2) is 9.55 Å². The van der Waals surface area contributed by atoms with Crippen LogP contribution in [0.3, 0.4) is 0 Å². The average Bonchev–Trinajstić information content (AvgIpc) is 2.94. The van der Waals surface area contributed by atoms with Crippen LogP contribution < -0.4 is 5.73 Å². The van der Waals surface area contributed by atoms with Crippen molar-refractivity contribution in [2.45, 2.75) is 12.7 Å². The van der Waals surface area contributed by atoms with Crippen LogP contribution in [0.5, 0.6) is 0 Å². The predicted molar refractivity (Wildman–Crippen MR) is 80.3 cm³/mol. The maximum absolute atomic E-state index is 13.2. The van der Waals surface area contributed by atoms with Crippen LogP contribution in [0.15, 0.2) is 34.1 Å². The van der Waals surface area contributed by atoms with Crippen molar-refractivity contribution < 1.29 is 13.2 Å². The van der Waals surface area contributed by atoms with Crippen LogP contribution in [0.1, 0.15) is 10.7 Å².